The minimum Gasteiger partial charge on any atom is -0.297 e. The van der Waals surface area contributed by atoms with Crippen LogP contribution in [-0.2, 0) is 17.6 Å². The van der Waals surface area contributed by atoms with Gasteiger partial charge in [0.2, 0.25) is 5.91 Å². The first-order valence-corrected chi connectivity index (χ1v) is 14.8. The van der Waals surface area contributed by atoms with Crippen LogP contribution in [0.15, 0.2) is 102 Å². The van der Waals surface area contributed by atoms with Crippen LogP contribution < -0.4 is 10.5 Å². The maximum atomic E-state index is 12.2. The molecule has 2 aliphatic carbocycles. The van der Waals surface area contributed by atoms with E-state index in [1.54, 1.807) is 17.8 Å². The number of aromatic nitrogens is 3. The molecule has 1 aliphatic heterocycles. The lowest BCUT2D eigenvalue weighted by molar-refractivity contribution is -0.117. The molecule has 6 nitrogen and oxygen atoms in total. The van der Waals surface area contributed by atoms with E-state index in [1.165, 1.54) is 52.3 Å². The molecule has 3 heterocycles. The highest BCUT2D eigenvalue weighted by molar-refractivity contribution is 5.96. The summed E-state index contributed by atoms with van der Waals surface area (Å²) in [6.45, 7) is 0.780. The van der Waals surface area contributed by atoms with E-state index in [1.807, 2.05) is 35.2 Å². The maximum absolute atomic E-state index is 12.2. The van der Waals surface area contributed by atoms with E-state index < -0.39 is 0 Å². The first-order valence-electron chi connectivity index (χ1n) is 14.8. The number of carbonyl (C=O) groups excluding carboxylic acids is 1. The summed E-state index contributed by atoms with van der Waals surface area (Å²) >= 11 is 0. The van der Waals surface area contributed by atoms with Gasteiger partial charge in [0.1, 0.15) is 5.82 Å². The van der Waals surface area contributed by atoms with Gasteiger partial charge in [-0.15, -0.1) is 0 Å². The molecule has 6 heteroatoms. The van der Waals surface area contributed by atoms with E-state index in [0.29, 0.717) is 11.8 Å². The van der Waals surface area contributed by atoms with Crippen molar-refractivity contribution in [3.8, 4) is 0 Å². The topological polar surface area (TPSA) is 79.0 Å². The van der Waals surface area contributed by atoms with Crippen LogP contribution in [0.3, 0.4) is 0 Å². The number of hydrogen-bond acceptors (Lipinski definition) is 4. The number of aromatic amines is 1. The Morgan fingerprint density at radius 1 is 0.833 bits per heavy atom. The van der Waals surface area contributed by atoms with Crippen LogP contribution in [0.4, 0.5) is 5.82 Å². The van der Waals surface area contributed by atoms with Crippen molar-refractivity contribution in [3.05, 3.63) is 129 Å². The molecule has 3 aliphatic rings. The summed E-state index contributed by atoms with van der Waals surface area (Å²) < 4.78 is 0. The van der Waals surface area contributed by atoms with Crippen LogP contribution in [0.1, 0.15) is 54.5 Å². The molecular weight excluding hydrogens is 520 g/mol. The van der Waals surface area contributed by atoms with Crippen molar-refractivity contribution in [3.63, 3.8) is 0 Å². The van der Waals surface area contributed by atoms with E-state index in [4.69, 9.17) is 4.98 Å². The minimum absolute atomic E-state index is 0.136. The van der Waals surface area contributed by atoms with Crippen molar-refractivity contribution in [2.24, 2.45) is 0 Å². The van der Waals surface area contributed by atoms with Crippen molar-refractivity contribution in [2.45, 2.75) is 44.9 Å². The molecule has 3 aromatic carbocycles. The summed E-state index contributed by atoms with van der Waals surface area (Å²) in [6.07, 6.45) is 13.3. The lowest BCUT2D eigenvalue weighted by atomic mass is 9.78. The van der Waals surface area contributed by atoms with Crippen LogP contribution in [0, 0.1) is 0 Å². The predicted molar refractivity (Wildman–Crippen MR) is 169 cm³/mol. The number of pyridine rings is 1. The Kier molecular flexibility index (Phi) is 6.96. The number of allylic oxidation sites excluding steroid dienone is 4. The highest BCUT2D eigenvalue weighted by atomic mass is 16.2. The van der Waals surface area contributed by atoms with Gasteiger partial charge in [-0.25, -0.2) is 10.1 Å². The Morgan fingerprint density at radius 2 is 1.71 bits per heavy atom. The fourth-order valence-corrected chi connectivity index (χ4v) is 6.56. The van der Waals surface area contributed by atoms with E-state index in [0.717, 1.165) is 42.7 Å². The number of hydrogen-bond donors (Lipinski definition) is 1. The lowest BCUT2D eigenvalue weighted by Gasteiger charge is -2.26. The van der Waals surface area contributed by atoms with E-state index in [-0.39, 0.29) is 11.5 Å². The minimum atomic E-state index is -0.136. The van der Waals surface area contributed by atoms with Crippen LogP contribution in [-0.4, -0.2) is 27.6 Å². The Bertz CT molecular complexity index is 1950. The van der Waals surface area contributed by atoms with Gasteiger partial charge in [0, 0.05) is 35.9 Å². The Labute approximate surface area is 244 Å². The number of aryl methyl sites for hydroxylation is 1. The fraction of sp³-hybridized carbons (Fsp3) is 0.222. The molecule has 0 radical (unpaired) electrons. The Balaban J connectivity index is 0.000000220. The molecule has 8 rings (SSSR count). The molecule has 2 aromatic heterocycles. The van der Waals surface area contributed by atoms with Gasteiger partial charge in [-0.3, -0.25) is 14.5 Å². The number of nitrogens with zero attached hydrogens (tertiary/aromatic N) is 3. The first kappa shape index (κ1) is 26.1. The molecule has 5 aromatic rings. The Hall–Kier alpha value is -4.84. The van der Waals surface area contributed by atoms with Crippen LogP contribution in [0.25, 0.3) is 27.1 Å². The molecule has 1 N–H and O–H groups in total. The molecule has 208 valence electrons. The van der Waals surface area contributed by atoms with E-state index >= 15 is 0 Å². The number of anilines is 1. The molecule has 0 atom stereocenters. The zero-order valence-electron chi connectivity index (χ0n) is 23.5. The highest BCUT2D eigenvalue weighted by Crippen LogP contribution is 2.41. The molecular formula is C36H32N4O2. The maximum Gasteiger partial charge on any atom is 0.272 e. The molecule has 1 saturated heterocycles. The van der Waals surface area contributed by atoms with E-state index in [2.05, 4.69) is 58.7 Å². The number of fused-ring (bicyclic) bond motifs is 5. The average molecular weight is 553 g/mol. The van der Waals surface area contributed by atoms with Crippen LogP contribution >= 0.6 is 0 Å². The monoisotopic (exact) mass is 552 g/mol. The summed E-state index contributed by atoms with van der Waals surface area (Å²) in [5.41, 5.74) is 8.20. The van der Waals surface area contributed by atoms with Gasteiger partial charge in [-0.1, -0.05) is 72.3 Å². The standard InChI is InChI=1S/C28H26N2O.C8H6N2O/c31-27-12-5-17-30(27)26-11-4-9-22(29-26)18-21-8-3-7-20-14-15-24-23-10-2-1-6-19(23)13-16-25(24)28(20)21;11-8-7-4-2-1-3-6(7)5-9-10-8/h2-4,7-11,14-15H,1,5-6,12-13,16-18H2;1-5H,(H,10,11). The summed E-state index contributed by atoms with van der Waals surface area (Å²) in [7, 11) is 0. The zero-order valence-corrected chi connectivity index (χ0v) is 23.5. The van der Waals surface area contributed by atoms with Gasteiger partial charge in [-0.05, 0) is 83.3 Å². The lowest BCUT2D eigenvalue weighted by Crippen LogP contribution is -2.24. The van der Waals surface area contributed by atoms with Crippen LogP contribution in [0.2, 0.25) is 0 Å². The number of benzene rings is 3. The molecule has 0 bridgehead atoms. The summed E-state index contributed by atoms with van der Waals surface area (Å²) in [5.74, 6) is 0.984. The molecule has 1 amide bonds. The Morgan fingerprint density at radius 3 is 2.60 bits per heavy atom. The van der Waals surface area contributed by atoms with Gasteiger partial charge in [0.25, 0.3) is 5.56 Å². The van der Waals surface area contributed by atoms with Crippen LogP contribution in [0.5, 0.6) is 0 Å². The van der Waals surface area contributed by atoms with Gasteiger partial charge < -0.3 is 0 Å². The number of nitrogens with one attached hydrogen (secondary N) is 1. The van der Waals surface area contributed by atoms with E-state index in [9.17, 15) is 9.59 Å². The molecule has 0 saturated carbocycles. The van der Waals surface area contributed by atoms with Gasteiger partial charge in [-0.2, -0.15) is 5.10 Å². The molecule has 42 heavy (non-hydrogen) atoms. The number of carbonyl (C=O) groups is 1. The average Bonchev–Trinajstić information content (AvgIpc) is 3.47. The smallest absolute Gasteiger partial charge is 0.272 e. The van der Waals surface area contributed by atoms with Crippen molar-refractivity contribution in [1.29, 1.82) is 0 Å². The molecule has 0 unspecified atom stereocenters. The first-order chi connectivity index (χ1) is 20.7. The fourth-order valence-electron chi connectivity index (χ4n) is 6.56. The van der Waals surface area contributed by atoms with Crippen molar-refractivity contribution >= 4 is 38.8 Å². The second-order valence-electron chi connectivity index (χ2n) is 11.2. The highest BCUT2D eigenvalue weighted by Gasteiger charge is 2.24. The molecule has 0 spiro atoms. The number of rotatable bonds is 3. The largest absolute Gasteiger partial charge is 0.297 e. The van der Waals surface area contributed by atoms with Gasteiger partial charge in [0.15, 0.2) is 0 Å². The summed E-state index contributed by atoms with van der Waals surface area (Å²) in [5, 5.41) is 10.3. The SMILES string of the molecule is O=C1CCCN1c1cccc(Cc2cccc3ccc4c(c23)CCC2=C4C=CCC2)n1.O=c1[nH]ncc2ccccc12. The third-order valence-electron chi connectivity index (χ3n) is 8.57. The predicted octanol–water partition coefficient (Wildman–Crippen LogP) is 6.93. The third kappa shape index (κ3) is 4.94. The van der Waals surface area contributed by atoms with Crippen molar-refractivity contribution in [1.82, 2.24) is 15.2 Å². The normalized spacial score (nSPS) is 15.9. The van der Waals surface area contributed by atoms with Crippen molar-refractivity contribution < 1.29 is 4.79 Å². The summed E-state index contributed by atoms with van der Waals surface area (Å²) in [6, 6.07) is 24.7. The third-order valence-corrected chi connectivity index (χ3v) is 8.57. The quantitative estimate of drug-likeness (QED) is 0.263. The number of H-pyrrole nitrogens is 1. The zero-order chi connectivity index (χ0) is 28.5. The van der Waals surface area contributed by atoms with Gasteiger partial charge in [0.05, 0.1) is 6.20 Å². The summed E-state index contributed by atoms with van der Waals surface area (Å²) in [4.78, 5) is 29.9. The number of amides is 1. The van der Waals surface area contributed by atoms with Crippen molar-refractivity contribution in [2.75, 3.05) is 11.4 Å². The molecule has 1 fully saturated rings. The van der Waals surface area contributed by atoms with Gasteiger partial charge >= 0.3 is 0 Å². The second kappa shape index (κ2) is 11.2. The second-order valence-corrected chi connectivity index (χ2v) is 11.2.